The second kappa shape index (κ2) is 34.8. The zero-order chi connectivity index (χ0) is 87.8. The van der Waals surface area contributed by atoms with Crippen LogP contribution in [0.5, 0.6) is 0 Å². The Morgan fingerprint density at radius 2 is 0.831 bits per heavy atom. The Balaban J connectivity index is 0.000000117. The molecule has 0 saturated heterocycles. The summed E-state index contributed by atoms with van der Waals surface area (Å²) in [4.78, 5) is 26.8. The largest absolute Gasteiger partial charge is 0.390 e. The summed E-state index contributed by atoms with van der Waals surface area (Å²) in [5.74, 6) is 15.1. The molecule has 17 nitrogen and oxygen atoms in total. The van der Waals surface area contributed by atoms with E-state index in [1.807, 2.05) is 54.1 Å². The van der Waals surface area contributed by atoms with Crippen LogP contribution in [-0.4, -0.2) is 121 Å². The standard InChI is InChI=1S/C26H38F2N2O3S.C26H37N3O2.C25H36F2N2O.C25H38N2O2/c1-16(14-30-15-18(13-29-30)34(3,32)33)22-6-7-23-21-5-4-17-12-26(31,24(27)28)11-9-19(17)20(21)8-10-25(22,23)2;1-3-26(31)11-9-19-18(12-26)4-5-21-20(19)8-10-25(2)22(21)6-7-23(25)24(30)16-29-15-17(13-27)14-28-29;1-16(15-29-13-3-12-28-29)21-6-7-22-20-5-4-17-14-25(30,23(26)27)11-9-18(17)19(20)8-10-24(21,22)2;1-16-13-26-27(14-16)15-23(28)22-7-6-21-20-5-4-17-12-24(2,29)10-8-18(17)19(20)9-11-25(21,22)3/h13,15,17,19-24,31H,1,4-12,14H2,2-3H3;14-15,18-23,31H,3-12,16H2,1-2H3;3,12-13,17-23,30H,1,4-11,14-15H2,2H3;13-14,17-22,29H,4-12,15H2,1-3H3/t17-,19+,20-,21-,22-,23+,25-,26-;18-,19+,20-,21-,22+,23-,25+,26-;17-,18+,19-,20-,21-,22+,24-,25-;17-,18+,19-,20-,21+,22-,24-,25+/m1111/s1. The van der Waals surface area contributed by atoms with E-state index < -0.39 is 45.1 Å². The number of carbonyl (C=O) groups is 2. The van der Waals surface area contributed by atoms with E-state index in [4.69, 9.17) is 5.26 Å². The molecule has 0 aromatic carbocycles. The van der Waals surface area contributed by atoms with Crippen LogP contribution in [-0.2, 0) is 45.6 Å². The number of Topliss-reactive ketones (excluding diaryl/α,β-unsaturated/α-hetero) is 2. The number of rotatable bonds is 16. The molecular formula is C102H149F4N9O8S. The highest BCUT2D eigenvalue weighted by Crippen LogP contribution is 2.71. The molecule has 0 bridgehead atoms. The lowest BCUT2D eigenvalue weighted by Crippen LogP contribution is -2.52. The van der Waals surface area contributed by atoms with Crippen LogP contribution < -0.4 is 0 Å². The predicted molar refractivity (Wildman–Crippen MR) is 470 cm³/mol. The van der Waals surface area contributed by atoms with Gasteiger partial charge in [-0.3, -0.25) is 28.3 Å². The zero-order valence-corrected chi connectivity index (χ0v) is 76.8. The molecule has 16 fully saturated rings. The van der Waals surface area contributed by atoms with E-state index in [-0.39, 0.29) is 64.1 Å². The third-order valence-corrected chi connectivity index (χ3v) is 41.2. The van der Waals surface area contributed by atoms with Crippen LogP contribution in [0.15, 0.2) is 84.8 Å². The molecule has 0 unspecified atom stereocenters. The Morgan fingerprint density at radius 1 is 0.452 bits per heavy atom. The number of sulfone groups is 1. The molecule has 684 valence electrons. The highest BCUT2D eigenvalue weighted by Gasteiger charge is 2.65. The average molecular weight is 1740 g/mol. The molecule has 4 aromatic rings. The Bertz CT molecular complexity index is 4650. The van der Waals surface area contributed by atoms with Gasteiger partial charge < -0.3 is 20.4 Å². The summed E-state index contributed by atoms with van der Waals surface area (Å²) in [5.41, 5.74) is 0.509. The molecule has 124 heavy (non-hydrogen) atoms. The number of ketones is 2. The van der Waals surface area contributed by atoms with Crippen LogP contribution in [0, 0.1) is 182 Å². The normalized spacial score (nSPS) is 44.5. The molecule has 0 spiro atoms. The number of nitrogens with zero attached hydrogens (tertiary/aromatic N) is 9. The number of hydrogen-bond donors (Lipinski definition) is 4. The van der Waals surface area contributed by atoms with E-state index in [1.54, 1.807) is 28.0 Å². The number of carbonyl (C=O) groups excluding carboxylic acids is 2. The van der Waals surface area contributed by atoms with E-state index in [0.29, 0.717) is 108 Å². The first-order chi connectivity index (χ1) is 58.9. The van der Waals surface area contributed by atoms with E-state index in [1.165, 1.54) is 127 Å². The molecule has 32 atom stereocenters. The van der Waals surface area contributed by atoms with Crippen LogP contribution in [0.1, 0.15) is 290 Å². The van der Waals surface area contributed by atoms with Gasteiger partial charge in [0.15, 0.2) is 21.4 Å². The second-order valence-corrected chi connectivity index (χ2v) is 48.2. The number of alkyl halides is 4. The van der Waals surface area contributed by atoms with E-state index in [9.17, 15) is 56.0 Å². The number of nitriles is 1. The van der Waals surface area contributed by atoms with Crippen molar-refractivity contribution in [2.24, 2.45) is 164 Å². The van der Waals surface area contributed by atoms with Crippen molar-refractivity contribution in [3.8, 4) is 6.07 Å². The first kappa shape index (κ1) is 90.6. The van der Waals surface area contributed by atoms with Crippen LogP contribution >= 0.6 is 0 Å². The summed E-state index contributed by atoms with van der Waals surface area (Å²) in [6.07, 6.45) is 48.0. The van der Waals surface area contributed by atoms with Crippen molar-refractivity contribution in [3.05, 3.63) is 91.1 Å². The van der Waals surface area contributed by atoms with Crippen molar-refractivity contribution in [2.45, 2.75) is 352 Å². The van der Waals surface area contributed by atoms with E-state index in [2.05, 4.69) is 74.2 Å². The van der Waals surface area contributed by atoms with Gasteiger partial charge in [-0.25, -0.2) is 26.0 Å². The highest BCUT2D eigenvalue weighted by molar-refractivity contribution is 7.90. The minimum Gasteiger partial charge on any atom is -0.390 e. The maximum atomic E-state index is 13.5. The molecule has 16 aliphatic carbocycles. The summed E-state index contributed by atoms with van der Waals surface area (Å²) in [6, 6.07) is 4.06. The highest BCUT2D eigenvalue weighted by atomic mass is 32.2. The fraction of sp³-hybridized carbons (Fsp3) is 0.814. The number of allylic oxidation sites excluding steroid dienone is 2. The van der Waals surface area contributed by atoms with E-state index in [0.717, 1.165) is 180 Å². The first-order valence-corrected chi connectivity index (χ1v) is 51.2. The smallest absolute Gasteiger partial charge is 0.266 e. The Labute approximate surface area is 737 Å². The molecule has 4 heterocycles. The van der Waals surface area contributed by atoms with Gasteiger partial charge in [0.05, 0.1) is 61.5 Å². The number of aromatic nitrogens is 8. The summed E-state index contributed by atoms with van der Waals surface area (Å²) >= 11 is 0. The Morgan fingerprint density at radius 3 is 1.23 bits per heavy atom. The van der Waals surface area contributed by atoms with Gasteiger partial charge in [-0.2, -0.15) is 25.7 Å². The Hall–Kier alpha value is -5.34. The van der Waals surface area contributed by atoms with Gasteiger partial charge >= 0.3 is 0 Å². The quantitative estimate of drug-likeness (QED) is 0.0603. The monoisotopic (exact) mass is 1740 g/mol. The molecular weight excluding hydrogens is 1590 g/mol. The molecule has 4 N–H and O–H groups in total. The Kier molecular flexibility index (Phi) is 25.4. The van der Waals surface area contributed by atoms with Crippen molar-refractivity contribution in [1.82, 2.24) is 39.1 Å². The van der Waals surface area contributed by atoms with Crippen molar-refractivity contribution in [2.75, 3.05) is 6.26 Å². The van der Waals surface area contributed by atoms with Gasteiger partial charge in [-0.1, -0.05) is 58.9 Å². The number of aryl methyl sites for hydroxylation is 1. The summed E-state index contributed by atoms with van der Waals surface area (Å²) in [6.45, 7) is 27.0. The van der Waals surface area contributed by atoms with Crippen LogP contribution in [0.25, 0.3) is 0 Å². The lowest BCUT2D eigenvalue weighted by Gasteiger charge is -2.57. The van der Waals surface area contributed by atoms with Gasteiger partial charge in [0.1, 0.15) is 22.2 Å². The fourth-order valence-electron chi connectivity index (χ4n) is 34.2. The summed E-state index contributed by atoms with van der Waals surface area (Å²) in [5, 5.41) is 68.5. The van der Waals surface area contributed by atoms with Crippen LogP contribution in [0.4, 0.5) is 17.6 Å². The lowest BCUT2D eigenvalue weighted by atomic mass is 9.48. The topological polar surface area (TPSA) is 244 Å². The third kappa shape index (κ3) is 16.9. The lowest BCUT2D eigenvalue weighted by molar-refractivity contribution is -0.159. The van der Waals surface area contributed by atoms with Gasteiger partial charge in [0.2, 0.25) is 0 Å². The number of aliphatic hydroxyl groups is 4. The maximum Gasteiger partial charge on any atom is 0.266 e. The van der Waals surface area contributed by atoms with Crippen molar-refractivity contribution in [3.63, 3.8) is 0 Å². The molecule has 0 amide bonds. The number of fused-ring (bicyclic) bond motifs is 20. The molecule has 0 aliphatic heterocycles. The van der Waals surface area contributed by atoms with Crippen LogP contribution in [0.3, 0.4) is 0 Å². The molecule has 16 aliphatic rings. The van der Waals surface area contributed by atoms with Crippen LogP contribution in [0.2, 0.25) is 0 Å². The van der Waals surface area contributed by atoms with Gasteiger partial charge in [0.25, 0.3) is 12.9 Å². The van der Waals surface area contributed by atoms with Gasteiger partial charge in [-0.15, -0.1) is 0 Å². The van der Waals surface area contributed by atoms with Crippen molar-refractivity contribution >= 4 is 21.4 Å². The molecule has 4 aromatic heterocycles. The number of halogens is 4. The summed E-state index contributed by atoms with van der Waals surface area (Å²) in [7, 11) is -3.27. The predicted octanol–water partition coefficient (Wildman–Crippen LogP) is 20.3. The molecule has 22 heteroatoms. The third-order valence-electron chi connectivity index (χ3n) is 40.2. The first-order valence-electron chi connectivity index (χ1n) is 49.4. The molecule has 0 radical (unpaired) electrons. The minimum absolute atomic E-state index is 0.120. The second-order valence-electron chi connectivity index (χ2n) is 46.1. The SMILES string of the molecule is C=C(Cn1cc(S(C)(=O)=O)cn1)[C@H]1CC[C@H]2[C@@H]3CC[C@@H]4C[C@@](O)(C(F)F)CC[C@@H]4[C@H]3CC[C@]12C.C=C(Cn1cccn1)[C@H]1CC[C@H]2[C@@H]3CC[C@@H]4C[C@@](O)(C(F)F)CC[C@@H]4[C@H]3CC[C@]12C.CC[C@@]1(O)CC[C@H]2[C@H](CC[C@@H]3[C@@H]2CC[C@]2(C)[C@@H](C(=O)Cn4cc(C#N)cn4)CC[C@@H]32)C1.Cc1cnn(CC(=O)[C@H]2CC[C@H]3[C@@H]4CC[C@@H]5C[C@](C)(O)CC[C@@H]5[C@H]4CC[C@]23C)c1. The zero-order valence-electron chi connectivity index (χ0n) is 76.0. The van der Waals surface area contributed by atoms with Gasteiger partial charge in [0, 0.05) is 49.1 Å². The maximum absolute atomic E-state index is 13.5. The van der Waals surface area contributed by atoms with Gasteiger partial charge in [-0.05, 0) is 415 Å². The minimum atomic E-state index is -3.27. The van der Waals surface area contributed by atoms with Crippen molar-refractivity contribution in [1.29, 1.82) is 5.26 Å². The summed E-state index contributed by atoms with van der Waals surface area (Å²) < 4.78 is 84.5. The average Bonchev–Trinajstić information content (AvgIpc) is 1.57. The van der Waals surface area contributed by atoms with E-state index >= 15 is 0 Å². The molecule has 16 saturated carbocycles. The molecule has 20 rings (SSSR count). The number of hydrogen-bond acceptors (Lipinski definition) is 13. The van der Waals surface area contributed by atoms with Crippen molar-refractivity contribution < 1.29 is 56.0 Å². The fourth-order valence-corrected chi connectivity index (χ4v) is 34.8.